The van der Waals surface area contributed by atoms with Gasteiger partial charge in [-0.3, -0.25) is 4.79 Å². The first-order valence-electron chi connectivity index (χ1n) is 9.29. The second-order valence-corrected chi connectivity index (χ2v) is 6.74. The van der Waals surface area contributed by atoms with Crippen molar-refractivity contribution in [1.29, 1.82) is 0 Å². The number of methoxy groups -OCH3 is 2. The number of esters is 1. The molecule has 1 aliphatic heterocycles. The van der Waals surface area contributed by atoms with E-state index >= 15 is 0 Å². The lowest BCUT2D eigenvalue weighted by Gasteiger charge is -2.26. The van der Waals surface area contributed by atoms with Crippen molar-refractivity contribution in [3.05, 3.63) is 59.2 Å². The van der Waals surface area contributed by atoms with Crippen LogP contribution in [0.3, 0.4) is 0 Å². The lowest BCUT2D eigenvalue weighted by Crippen LogP contribution is -2.34. The Morgan fingerprint density at radius 1 is 1.11 bits per heavy atom. The highest BCUT2D eigenvalue weighted by Gasteiger charge is 2.32. The van der Waals surface area contributed by atoms with Crippen molar-refractivity contribution >= 4 is 11.9 Å². The Labute approximate surface area is 165 Å². The number of carbonyl (C=O) groups is 2. The SMILES string of the molecule is COc1ccc(OC)c([C@H]2CCCN2C(=O)COC(=O)c2ccccc2C)c1. The molecule has 6 nitrogen and oxygen atoms in total. The van der Waals surface area contributed by atoms with Crippen molar-refractivity contribution in [3.63, 3.8) is 0 Å². The van der Waals surface area contributed by atoms with E-state index in [0.29, 0.717) is 23.6 Å². The second-order valence-electron chi connectivity index (χ2n) is 6.74. The summed E-state index contributed by atoms with van der Waals surface area (Å²) in [6.45, 7) is 2.17. The summed E-state index contributed by atoms with van der Waals surface area (Å²) in [6, 6.07) is 12.6. The molecule has 1 amide bonds. The molecule has 0 saturated carbocycles. The fourth-order valence-corrected chi connectivity index (χ4v) is 3.58. The molecule has 1 saturated heterocycles. The van der Waals surface area contributed by atoms with Gasteiger partial charge in [0.1, 0.15) is 11.5 Å². The van der Waals surface area contributed by atoms with E-state index in [2.05, 4.69) is 0 Å². The first-order chi connectivity index (χ1) is 13.5. The van der Waals surface area contributed by atoms with Crippen molar-refractivity contribution < 1.29 is 23.8 Å². The Morgan fingerprint density at radius 2 is 1.89 bits per heavy atom. The van der Waals surface area contributed by atoms with Crippen LogP contribution in [0.25, 0.3) is 0 Å². The molecule has 0 unspecified atom stereocenters. The minimum Gasteiger partial charge on any atom is -0.497 e. The summed E-state index contributed by atoms with van der Waals surface area (Å²) in [7, 11) is 3.21. The molecule has 2 aromatic carbocycles. The molecule has 0 spiro atoms. The van der Waals surface area contributed by atoms with Gasteiger partial charge < -0.3 is 19.1 Å². The smallest absolute Gasteiger partial charge is 0.338 e. The highest BCUT2D eigenvalue weighted by molar-refractivity contribution is 5.92. The molecule has 2 aromatic rings. The molecule has 1 fully saturated rings. The number of nitrogens with zero attached hydrogens (tertiary/aromatic N) is 1. The van der Waals surface area contributed by atoms with E-state index in [1.165, 1.54) is 0 Å². The van der Waals surface area contributed by atoms with Gasteiger partial charge in [-0.1, -0.05) is 18.2 Å². The quantitative estimate of drug-likeness (QED) is 0.714. The topological polar surface area (TPSA) is 65.1 Å². The molecule has 0 bridgehead atoms. The summed E-state index contributed by atoms with van der Waals surface area (Å²) in [5.74, 6) is 0.721. The van der Waals surface area contributed by atoms with Gasteiger partial charge >= 0.3 is 5.97 Å². The maximum atomic E-state index is 12.8. The third-order valence-corrected chi connectivity index (χ3v) is 5.06. The van der Waals surface area contributed by atoms with E-state index in [9.17, 15) is 9.59 Å². The van der Waals surface area contributed by atoms with Crippen LogP contribution in [-0.4, -0.2) is 44.1 Å². The number of carbonyl (C=O) groups excluding carboxylic acids is 2. The van der Waals surface area contributed by atoms with E-state index < -0.39 is 5.97 Å². The number of amides is 1. The zero-order valence-electron chi connectivity index (χ0n) is 16.4. The average Bonchev–Trinajstić information content (AvgIpc) is 3.21. The standard InChI is InChI=1S/C22H25NO5/c1-15-7-4-5-8-17(15)22(25)28-14-21(24)23-12-6-9-19(23)18-13-16(26-2)10-11-20(18)27-3/h4-5,7-8,10-11,13,19H,6,9,12,14H2,1-3H3/t19-/m1/s1. The maximum absolute atomic E-state index is 12.8. The Morgan fingerprint density at radius 3 is 2.61 bits per heavy atom. The Hall–Kier alpha value is -3.02. The highest BCUT2D eigenvalue weighted by atomic mass is 16.5. The van der Waals surface area contributed by atoms with Gasteiger partial charge in [0.25, 0.3) is 5.91 Å². The summed E-state index contributed by atoms with van der Waals surface area (Å²) >= 11 is 0. The number of hydrogen-bond acceptors (Lipinski definition) is 5. The first kappa shape index (κ1) is 19.7. The highest BCUT2D eigenvalue weighted by Crippen LogP contribution is 2.38. The largest absolute Gasteiger partial charge is 0.497 e. The third-order valence-electron chi connectivity index (χ3n) is 5.06. The zero-order chi connectivity index (χ0) is 20.1. The molecule has 0 aliphatic carbocycles. The maximum Gasteiger partial charge on any atom is 0.338 e. The predicted octanol–water partition coefficient (Wildman–Crippen LogP) is 3.53. The summed E-state index contributed by atoms with van der Waals surface area (Å²) in [4.78, 5) is 26.8. The lowest BCUT2D eigenvalue weighted by molar-refractivity contribution is -0.135. The fraction of sp³-hybridized carbons (Fsp3) is 0.364. The van der Waals surface area contributed by atoms with Crippen LogP contribution in [0.15, 0.2) is 42.5 Å². The second kappa shape index (κ2) is 8.78. The molecule has 1 aliphatic rings. The van der Waals surface area contributed by atoms with E-state index in [1.54, 1.807) is 31.3 Å². The molecular weight excluding hydrogens is 358 g/mol. The number of rotatable bonds is 6. The minimum atomic E-state index is -0.485. The number of aryl methyl sites for hydroxylation is 1. The van der Waals surface area contributed by atoms with Crippen molar-refractivity contribution in [1.82, 2.24) is 4.90 Å². The molecule has 0 N–H and O–H groups in total. The van der Waals surface area contributed by atoms with Crippen LogP contribution in [0.1, 0.15) is 40.4 Å². The third kappa shape index (κ3) is 4.11. The van der Waals surface area contributed by atoms with E-state index in [0.717, 1.165) is 24.0 Å². The molecule has 6 heteroatoms. The van der Waals surface area contributed by atoms with Crippen molar-refractivity contribution in [2.45, 2.75) is 25.8 Å². The van der Waals surface area contributed by atoms with Gasteiger partial charge in [-0.15, -0.1) is 0 Å². The number of likely N-dealkylation sites (tertiary alicyclic amines) is 1. The van der Waals surface area contributed by atoms with E-state index in [4.69, 9.17) is 14.2 Å². The van der Waals surface area contributed by atoms with Crippen LogP contribution in [0.2, 0.25) is 0 Å². The monoisotopic (exact) mass is 383 g/mol. The molecule has 0 radical (unpaired) electrons. The molecule has 148 valence electrons. The molecule has 1 heterocycles. The van der Waals surface area contributed by atoms with Crippen LogP contribution in [0.5, 0.6) is 11.5 Å². The summed E-state index contributed by atoms with van der Waals surface area (Å²) in [5.41, 5.74) is 2.20. The number of hydrogen-bond donors (Lipinski definition) is 0. The Bertz CT molecular complexity index is 864. The first-order valence-corrected chi connectivity index (χ1v) is 9.29. The molecular formula is C22H25NO5. The van der Waals surface area contributed by atoms with Gasteiger partial charge in [0, 0.05) is 12.1 Å². The van der Waals surface area contributed by atoms with Gasteiger partial charge in [-0.25, -0.2) is 4.79 Å². The van der Waals surface area contributed by atoms with Gasteiger partial charge in [0.2, 0.25) is 0 Å². The molecule has 1 atom stereocenters. The number of ether oxygens (including phenoxy) is 3. The van der Waals surface area contributed by atoms with Gasteiger partial charge in [0.05, 0.1) is 25.8 Å². The van der Waals surface area contributed by atoms with Gasteiger partial charge in [0.15, 0.2) is 6.61 Å². The minimum absolute atomic E-state index is 0.130. The summed E-state index contributed by atoms with van der Waals surface area (Å²) in [5, 5.41) is 0. The van der Waals surface area contributed by atoms with Crippen molar-refractivity contribution in [2.24, 2.45) is 0 Å². The fourth-order valence-electron chi connectivity index (χ4n) is 3.58. The van der Waals surface area contributed by atoms with Crippen LogP contribution < -0.4 is 9.47 Å². The van der Waals surface area contributed by atoms with Crippen LogP contribution in [0, 0.1) is 6.92 Å². The molecule has 28 heavy (non-hydrogen) atoms. The summed E-state index contributed by atoms with van der Waals surface area (Å²) in [6.07, 6.45) is 1.70. The van der Waals surface area contributed by atoms with Crippen molar-refractivity contribution in [2.75, 3.05) is 27.4 Å². The Balaban J connectivity index is 1.72. The summed E-state index contributed by atoms with van der Waals surface area (Å²) < 4.78 is 16.1. The molecule has 3 rings (SSSR count). The van der Waals surface area contributed by atoms with Crippen LogP contribution >= 0.6 is 0 Å². The average molecular weight is 383 g/mol. The predicted molar refractivity (Wildman–Crippen MR) is 105 cm³/mol. The van der Waals surface area contributed by atoms with Crippen LogP contribution in [0.4, 0.5) is 0 Å². The van der Waals surface area contributed by atoms with Crippen LogP contribution in [-0.2, 0) is 9.53 Å². The normalized spacial score (nSPS) is 16.0. The molecule has 0 aromatic heterocycles. The van der Waals surface area contributed by atoms with E-state index in [1.807, 2.05) is 37.3 Å². The van der Waals surface area contributed by atoms with Gasteiger partial charge in [-0.2, -0.15) is 0 Å². The Kier molecular flexibility index (Phi) is 6.19. The number of benzene rings is 2. The van der Waals surface area contributed by atoms with E-state index in [-0.39, 0.29) is 18.6 Å². The zero-order valence-corrected chi connectivity index (χ0v) is 16.4. The van der Waals surface area contributed by atoms with Crippen molar-refractivity contribution in [3.8, 4) is 11.5 Å². The van der Waals surface area contributed by atoms with Gasteiger partial charge in [-0.05, 0) is 49.6 Å². The lowest BCUT2D eigenvalue weighted by atomic mass is 10.0.